The number of hydrogen-bond donors (Lipinski definition) is 2. The van der Waals surface area contributed by atoms with Gasteiger partial charge in [-0.05, 0) is 53.1 Å². The standard InChI is InChI=1S/C18H30N2O3/c1-18(2,3)23-17(22)19-15(13-20-11-7-8-12-20)16(21)14-9-5-4-6-10-14/h4-6,9,14-16,21H,7-8,10-13H2,1-3H3,(H,19,22)/t14?,15-,16-/m1/s1. The second-order valence-electron chi connectivity index (χ2n) is 7.46. The summed E-state index contributed by atoms with van der Waals surface area (Å²) in [5.41, 5.74) is -0.541. The second-order valence-corrected chi connectivity index (χ2v) is 7.46. The van der Waals surface area contributed by atoms with Crippen LogP contribution in [0.1, 0.15) is 40.0 Å². The summed E-state index contributed by atoms with van der Waals surface area (Å²) in [6, 6.07) is -0.330. The highest BCUT2D eigenvalue weighted by atomic mass is 16.6. The Morgan fingerprint density at radius 2 is 2.04 bits per heavy atom. The molecule has 5 nitrogen and oxygen atoms in total. The Kier molecular flexibility index (Phi) is 6.25. The van der Waals surface area contributed by atoms with Crippen molar-refractivity contribution >= 4 is 6.09 Å². The lowest BCUT2D eigenvalue weighted by atomic mass is 9.90. The normalized spacial score (nSPS) is 24.4. The highest BCUT2D eigenvalue weighted by Gasteiger charge is 2.31. The van der Waals surface area contributed by atoms with Gasteiger partial charge in [-0.25, -0.2) is 4.79 Å². The van der Waals surface area contributed by atoms with Crippen molar-refractivity contribution in [3.63, 3.8) is 0 Å². The first-order chi connectivity index (χ1) is 10.8. The molecule has 130 valence electrons. The van der Waals surface area contributed by atoms with Crippen molar-refractivity contribution in [2.45, 2.75) is 57.8 Å². The van der Waals surface area contributed by atoms with Gasteiger partial charge in [0.2, 0.25) is 0 Å². The van der Waals surface area contributed by atoms with Crippen molar-refractivity contribution in [3.8, 4) is 0 Å². The molecule has 2 rings (SSSR count). The van der Waals surface area contributed by atoms with Gasteiger partial charge in [-0.2, -0.15) is 0 Å². The number of aliphatic hydroxyl groups excluding tert-OH is 1. The summed E-state index contributed by atoms with van der Waals surface area (Å²) in [6.07, 6.45) is 10.1. The Morgan fingerprint density at radius 3 is 2.61 bits per heavy atom. The Hall–Kier alpha value is -1.33. The van der Waals surface area contributed by atoms with Crippen molar-refractivity contribution in [3.05, 3.63) is 24.3 Å². The van der Waals surface area contributed by atoms with E-state index in [1.807, 2.05) is 45.1 Å². The Bertz CT molecular complexity index is 448. The molecule has 3 atom stereocenters. The number of nitrogens with zero attached hydrogens (tertiary/aromatic N) is 1. The second kappa shape index (κ2) is 7.97. The zero-order valence-corrected chi connectivity index (χ0v) is 14.5. The fraction of sp³-hybridized carbons (Fsp3) is 0.722. The molecular formula is C18H30N2O3. The molecule has 23 heavy (non-hydrogen) atoms. The number of allylic oxidation sites excluding steroid dienone is 3. The molecule has 2 N–H and O–H groups in total. The molecule has 1 unspecified atom stereocenters. The van der Waals surface area contributed by atoms with E-state index in [1.54, 1.807) is 0 Å². The third kappa shape index (κ3) is 5.99. The van der Waals surface area contributed by atoms with E-state index in [0.29, 0.717) is 6.54 Å². The molecule has 0 aromatic rings. The molecule has 1 saturated heterocycles. The summed E-state index contributed by atoms with van der Waals surface area (Å²) in [6.45, 7) is 8.24. The van der Waals surface area contributed by atoms with Crippen LogP contribution in [0.15, 0.2) is 24.3 Å². The summed E-state index contributed by atoms with van der Waals surface area (Å²) < 4.78 is 5.36. The van der Waals surface area contributed by atoms with Gasteiger partial charge in [0, 0.05) is 12.5 Å². The minimum absolute atomic E-state index is 0.0301. The van der Waals surface area contributed by atoms with Crippen molar-refractivity contribution in [1.29, 1.82) is 0 Å². The van der Waals surface area contributed by atoms with Gasteiger partial charge >= 0.3 is 6.09 Å². The first-order valence-electron chi connectivity index (χ1n) is 8.58. The predicted molar refractivity (Wildman–Crippen MR) is 91.2 cm³/mol. The molecule has 0 aromatic heterocycles. The molecule has 1 aliphatic carbocycles. The molecule has 1 aliphatic heterocycles. The van der Waals surface area contributed by atoms with Gasteiger partial charge in [-0.3, -0.25) is 0 Å². The first-order valence-corrected chi connectivity index (χ1v) is 8.58. The van der Waals surface area contributed by atoms with Crippen molar-refractivity contribution in [1.82, 2.24) is 10.2 Å². The molecule has 1 amide bonds. The zero-order valence-electron chi connectivity index (χ0n) is 14.5. The minimum atomic E-state index is -0.621. The highest BCUT2D eigenvalue weighted by Crippen LogP contribution is 2.20. The number of ether oxygens (including phenoxy) is 1. The average molecular weight is 322 g/mol. The number of nitrogens with one attached hydrogen (secondary N) is 1. The lowest BCUT2D eigenvalue weighted by Gasteiger charge is -2.32. The number of carbonyl (C=O) groups excluding carboxylic acids is 1. The van der Waals surface area contributed by atoms with E-state index in [1.165, 1.54) is 12.8 Å². The quantitative estimate of drug-likeness (QED) is 0.816. The third-order valence-corrected chi connectivity index (χ3v) is 4.22. The largest absolute Gasteiger partial charge is 0.444 e. The number of carbonyl (C=O) groups is 1. The average Bonchev–Trinajstić information content (AvgIpc) is 2.98. The molecule has 5 heteroatoms. The van der Waals surface area contributed by atoms with Gasteiger partial charge in [0.25, 0.3) is 0 Å². The van der Waals surface area contributed by atoms with Crippen LogP contribution in [0.3, 0.4) is 0 Å². The molecule has 0 spiro atoms. The lowest BCUT2D eigenvalue weighted by Crippen LogP contribution is -2.53. The number of alkyl carbamates (subject to hydrolysis) is 1. The molecule has 0 saturated carbocycles. The molecule has 1 heterocycles. The number of aliphatic hydroxyl groups is 1. The molecular weight excluding hydrogens is 292 g/mol. The van der Waals surface area contributed by atoms with Crippen molar-refractivity contribution < 1.29 is 14.6 Å². The number of rotatable bonds is 5. The van der Waals surface area contributed by atoms with Crippen molar-refractivity contribution in [2.24, 2.45) is 5.92 Å². The van der Waals surface area contributed by atoms with Crippen LogP contribution in [0.4, 0.5) is 4.79 Å². The Morgan fingerprint density at radius 1 is 1.35 bits per heavy atom. The number of hydrogen-bond acceptors (Lipinski definition) is 4. The van der Waals surface area contributed by atoms with Gasteiger partial charge in [0.05, 0.1) is 12.1 Å². The van der Waals surface area contributed by atoms with E-state index >= 15 is 0 Å². The van der Waals surface area contributed by atoms with Crippen LogP contribution >= 0.6 is 0 Å². The van der Waals surface area contributed by atoms with E-state index in [4.69, 9.17) is 4.74 Å². The van der Waals surface area contributed by atoms with E-state index < -0.39 is 17.8 Å². The maximum absolute atomic E-state index is 12.1. The fourth-order valence-electron chi connectivity index (χ4n) is 3.09. The SMILES string of the molecule is CC(C)(C)OC(=O)N[C@H](CN1CCCC1)[C@H](O)C1C=CC=CC1. The summed E-state index contributed by atoms with van der Waals surface area (Å²) >= 11 is 0. The van der Waals surface area contributed by atoms with Gasteiger partial charge < -0.3 is 20.1 Å². The summed E-state index contributed by atoms with van der Waals surface area (Å²) in [4.78, 5) is 14.4. The topological polar surface area (TPSA) is 61.8 Å². The van der Waals surface area contributed by atoms with E-state index in [9.17, 15) is 9.90 Å². The van der Waals surface area contributed by atoms with Crippen LogP contribution < -0.4 is 5.32 Å². The summed E-state index contributed by atoms with van der Waals surface area (Å²) in [5, 5.41) is 13.6. The third-order valence-electron chi connectivity index (χ3n) is 4.22. The Labute approximate surface area is 139 Å². The molecule has 0 radical (unpaired) electrons. The summed E-state index contributed by atoms with van der Waals surface area (Å²) in [5.74, 6) is 0.0301. The molecule has 2 aliphatic rings. The van der Waals surface area contributed by atoms with E-state index in [-0.39, 0.29) is 12.0 Å². The predicted octanol–water partition coefficient (Wildman–Crippen LogP) is 2.47. The van der Waals surface area contributed by atoms with E-state index in [2.05, 4.69) is 10.2 Å². The van der Waals surface area contributed by atoms with Crippen LogP contribution in [-0.4, -0.2) is 53.5 Å². The van der Waals surface area contributed by atoms with Crippen LogP contribution in [0.2, 0.25) is 0 Å². The lowest BCUT2D eigenvalue weighted by molar-refractivity contribution is 0.0320. The van der Waals surface area contributed by atoms with Gasteiger partial charge in [-0.15, -0.1) is 0 Å². The monoisotopic (exact) mass is 322 g/mol. The van der Waals surface area contributed by atoms with Crippen molar-refractivity contribution in [2.75, 3.05) is 19.6 Å². The highest BCUT2D eigenvalue weighted by molar-refractivity contribution is 5.68. The van der Waals surface area contributed by atoms with Gasteiger partial charge in [0.15, 0.2) is 0 Å². The van der Waals surface area contributed by atoms with Crippen LogP contribution in [0, 0.1) is 5.92 Å². The van der Waals surface area contributed by atoms with E-state index in [0.717, 1.165) is 19.5 Å². The van der Waals surface area contributed by atoms with Gasteiger partial charge in [0.1, 0.15) is 5.60 Å². The van der Waals surface area contributed by atoms with Crippen LogP contribution in [-0.2, 0) is 4.74 Å². The van der Waals surface area contributed by atoms with Crippen LogP contribution in [0.5, 0.6) is 0 Å². The van der Waals surface area contributed by atoms with Crippen LogP contribution in [0.25, 0.3) is 0 Å². The number of amides is 1. The smallest absolute Gasteiger partial charge is 0.408 e. The molecule has 1 fully saturated rings. The maximum Gasteiger partial charge on any atom is 0.408 e. The Balaban J connectivity index is 1.99. The maximum atomic E-state index is 12.1. The fourth-order valence-corrected chi connectivity index (χ4v) is 3.09. The minimum Gasteiger partial charge on any atom is -0.444 e. The summed E-state index contributed by atoms with van der Waals surface area (Å²) in [7, 11) is 0. The van der Waals surface area contributed by atoms with Gasteiger partial charge in [-0.1, -0.05) is 24.3 Å². The first kappa shape index (κ1) is 18.0. The molecule has 0 bridgehead atoms. The zero-order chi connectivity index (χ0) is 16.9. The molecule has 0 aromatic carbocycles. The number of likely N-dealkylation sites (tertiary alicyclic amines) is 1.